The van der Waals surface area contributed by atoms with Gasteiger partial charge in [-0.15, -0.1) is 0 Å². The van der Waals surface area contributed by atoms with Gasteiger partial charge in [-0.3, -0.25) is 0 Å². The molecule has 1 rings (SSSR count). The summed E-state index contributed by atoms with van der Waals surface area (Å²) in [6.07, 6.45) is 0.990. The van der Waals surface area contributed by atoms with Crippen molar-refractivity contribution in [3.8, 4) is 0 Å². The molecule has 2 nitrogen and oxygen atoms in total. The highest BCUT2D eigenvalue weighted by atomic mass is 16.3. The molecule has 0 saturated heterocycles. The molecule has 0 saturated carbocycles. The number of hydrogen-bond donors (Lipinski definition) is 2. The van der Waals surface area contributed by atoms with Crippen molar-refractivity contribution in [1.82, 2.24) is 0 Å². The molecular formula is C13H21NO. The van der Waals surface area contributed by atoms with Gasteiger partial charge in [0.2, 0.25) is 0 Å². The molecule has 0 radical (unpaired) electrons. The van der Waals surface area contributed by atoms with E-state index in [9.17, 15) is 5.11 Å². The van der Waals surface area contributed by atoms with Crippen LogP contribution in [-0.4, -0.2) is 17.8 Å². The Morgan fingerprint density at radius 3 is 2.27 bits per heavy atom. The Labute approximate surface area is 92.3 Å². The second kappa shape index (κ2) is 5.76. The monoisotopic (exact) mass is 207 g/mol. The van der Waals surface area contributed by atoms with Crippen molar-refractivity contribution in [2.24, 2.45) is 5.92 Å². The number of anilines is 1. The van der Waals surface area contributed by atoms with Gasteiger partial charge in [0.05, 0.1) is 6.61 Å². The number of benzene rings is 1. The van der Waals surface area contributed by atoms with Crippen molar-refractivity contribution in [2.75, 3.05) is 11.9 Å². The Bertz CT molecular complexity index is 279. The maximum atomic E-state index is 9.23. The smallest absolute Gasteiger partial charge is 0.0632 e. The van der Waals surface area contributed by atoms with Gasteiger partial charge in [-0.05, 0) is 31.4 Å². The highest BCUT2D eigenvalue weighted by Gasteiger charge is 2.08. The molecule has 0 aliphatic rings. The highest BCUT2D eigenvalue weighted by Crippen LogP contribution is 2.13. The van der Waals surface area contributed by atoms with Crippen LogP contribution in [-0.2, 0) is 0 Å². The van der Waals surface area contributed by atoms with E-state index < -0.39 is 0 Å². The summed E-state index contributed by atoms with van der Waals surface area (Å²) in [5.74, 6) is 0.597. The van der Waals surface area contributed by atoms with E-state index in [1.165, 1.54) is 5.56 Å². The molecule has 1 aromatic rings. The second-order valence-corrected chi connectivity index (χ2v) is 4.52. The summed E-state index contributed by atoms with van der Waals surface area (Å²) >= 11 is 0. The van der Waals surface area contributed by atoms with Crippen LogP contribution in [0.5, 0.6) is 0 Å². The molecule has 0 aliphatic heterocycles. The van der Waals surface area contributed by atoms with Gasteiger partial charge < -0.3 is 10.4 Å². The van der Waals surface area contributed by atoms with E-state index in [0.29, 0.717) is 5.92 Å². The fourth-order valence-corrected chi connectivity index (χ4v) is 1.63. The van der Waals surface area contributed by atoms with E-state index in [2.05, 4.69) is 50.4 Å². The fourth-order valence-electron chi connectivity index (χ4n) is 1.63. The van der Waals surface area contributed by atoms with Crippen LogP contribution in [0.15, 0.2) is 24.3 Å². The SMILES string of the molecule is Cc1ccc(N[C@H](CO)CC(C)C)cc1. The summed E-state index contributed by atoms with van der Waals surface area (Å²) in [4.78, 5) is 0. The van der Waals surface area contributed by atoms with Crippen molar-refractivity contribution in [3.63, 3.8) is 0 Å². The third kappa shape index (κ3) is 4.34. The zero-order valence-corrected chi connectivity index (χ0v) is 9.83. The molecule has 0 amide bonds. The molecule has 0 aromatic heterocycles. The molecule has 1 aromatic carbocycles. The van der Waals surface area contributed by atoms with Crippen LogP contribution in [0.1, 0.15) is 25.8 Å². The van der Waals surface area contributed by atoms with Gasteiger partial charge in [-0.1, -0.05) is 31.5 Å². The van der Waals surface area contributed by atoms with Crippen LogP contribution in [0, 0.1) is 12.8 Å². The molecule has 0 unspecified atom stereocenters. The van der Waals surface area contributed by atoms with E-state index in [0.717, 1.165) is 12.1 Å². The van der Waals surface area contributed by atoms with Crippen molar-refractivity contribution in [2.45, 2.75) is 33.2 Å². The first-order valence-electron chi connectivity index (χ1n) is 5.56. The van der Waals surface area contributed by atoms with E-state index >= 15 is 0 Å². The van der Waals surface area contributed by atoms with Crippen molar-refractivity contribution < 1.29 is 5.11 Å². The molecule has 1 atom stereocenters. The van der Waals surface area contributed by atoms with Crippen LogP contribution in [0.2, 0.25) is 0 Å². The van der Waals surface area contributed by atoms with Gasteiger partial charge in [-0.25, -0.2) is 0 Å². The lowest BCUT2D eigenvalue weighted by Crippen LogP contribution is -2.25. The lowest BCUT2D eigenvalue weighted by Gasteiger charge is -2.19. The molecule has 0 heterocycles. The standard InChI is InChI=1S/C13H21NO/c1-10(2)8-13(9-15)14-12-6-4-11(3)5-7-12/h4-7,10,13-15H,8-9H2,1-3H3/t13-/m0/s1. The summed E-state index contributed by atoms with van der Waals surface area (Å²) in [7, 11) is 0. The van der Waals surface area contributed by atoms with Gasteiger partial charge in [-0.2, -0.15) is 0 Å². The lowest BCUT2D eigenvalue weighted by atomic mass is 10.0. The Kier molecular flexibility index (Phi) is 4.63. The third-order valence-corrected chi connectivity index (χ3v) is 2.40. The number of rotatable bonds is 5. The van der Waals surface area contributed by atoms with Crippen molar-refractivity contribution >= 4 is 5.69 Å². The Balaban J connectivity index is 2.54. The van der Waals surface area contributed by atoms with Crippen LogP contribution < -0.4 is 5.32 Å². The zero-order chi connectivity index (χ0) is 11.3. The Morgan fingerprint density at radius 1 is 1.20 bits per heavy atom. The van der Waals surface area contributed by atoms with Gasteiger partial charge >= 0.3 is 0 Å². The van der Waals surface area contributed by atoms with Crippen LogP contribution in [0.3, 0.4) is 0 Å². The quantitative estimate of drug-likeness (QED) is 0.778. The average Bonchev–Trinajstić information content (AvgIpc) is 2.19. The second-order valence-electron chi connectivity index (χ2n) is 4.52. The lowest BCUT2D eigenvalue weighted by molar-refractivity contribution is 0.259. The maximum Gasteiger partial charge on any atom is 0.0632 e. The minimum Gasteiger partial charge on any atom is -0.394 e. The first-order valence-corrected chi connectivity index (χ1v) is 5.56. The third-order valence-electron chi connectivity index (χ3n) is 2.40. The van der Waals surface area contributed by atoms with Crippen molar-refractivity contribution in [1.29, 1.82) is 0 Å². The topological polar surface area (TPSA) is 32.3 Å². The summed E-state index contributed by atoms with van der Waals surface area (Å²) < 4.78 is 0. The van der Waals surface area contributed by atoms with E-state index in [-0.39, 0.29) is 12.6 Å². The highest BCUT2D eigenvalue weighted by molar-refractivity contribution is 5.45. The molecule has 15 heavy (non-hydrogen) atoms. The molecule has 84 valence electrons. The van der Waals surface area contributed by atoms with Gasteiger partial charge in [0.15, 0.2) is 0 Å². The summed E-state index contributed by atoms with van der Waals surface area (Å²) in [5.41, 5.74) is 2.34. The number of nitrogens with one attached hydrogen (secondary N) is 1. The largest absolute Gasteiger partial charge is 0.394 e. The van der Waals surface area contributed by atoms with Crippen LogP contribution in [0.25, 0.3) is 0 Å². The van der Waals surface area contributed by atoms with E-state index in [1.54, 1.807) is 0 Å². The number of aryl methyl sites for hydroxylation is 1. The Hall–Kier alpha value is -1.02. The molecule has 0 bridgehead atoms. The van der Waals surface area contributed by atoms with Crippen molar-refractivity contribution in [3.05, 3.63) is 29.8 Å². The Morgan fingerprint density at radius 2 is 1.80 bits per heavy atom. The molecule has 0 aliphatic carbocycles. The van der Waals surface area contributed by atoms with Crippen LogP contribution in [0.4, 0.5) is 5.69 Å². The number of hydrogen-bond acceptors (Lipinski definition) is 2. The zero-order valence-electron chi connectivity index (χ0n) is 9.83. The summed E-state index contributed by atoms with van der Waals surface area (Å²) in [6, 6.07) is 8.42. The summed E-state index contributed by atoms with van der Waals surface area (Å²) in [5, 5.41) is 12.6. The summed E-state index contributed by atoms with van der Waals surface area (Å²) in [6.45, 7) is 6.59. The first-order chi connectivity index (χ1) is 7.11. The predicted molar refractivity (Wildman–Crippen MR) is 65.1 cm³/mol. The first kappa shape index (κ1) is 12.1. The number of aliphatic hydroxyl groups excluding tert-OH is 1. The molecular weight excluding hydrogens is 186 g/mol. The average molecular weight is 207 g/mol. The maximum absolute atomic E-state index is 9.23. The minimum absolute atomic E-state index is 0.160. The van der Waals surface area contributed by atoms with Crippen LogP contribution >= 0.6 is 0 Å². The molecule has 2 N–H and O–H groups in total. The predicted octanol–water partition coefficient (Wildman–Crippen LogP) is 2.81. The van der Waals surface area contributed by atoms with Gasteiger partial charge in [0.1, 0.15) is 0 Å². The molecule has 0 spiro atoms. The molecule has 0 fully saturated rings. The van der Waals surface area contributed by atoms with Gasteiger partial charge in [0, 0.05) is 11.7 Å². The molecule has 2 heteroatoms. The number of aliphatic hydroxyl groups is 1. The normalized spacial score (nSPS) is 12.9. The minimum atomic E-state index is 0.160. The van der Waals surface area contributed by atoms with E-state index in [1.807, 2.05) is 0 Å². The van der Waals surface area contributed by atoms with E-state index in [4.69, 9.17) is 0 Å². The fraction of sp³-hybridized carbons (Fsp3) is 0.538. The van der Waals surface area contributed by atoms with Gasteiger partial charge in [0.25, 0.3) is 0 Å².